The van der Waals surface area contributed by atoms with Crippen LogP contribution in [0, 0.1) is 0 Å². The normalized spacial score (nSPS) is 10.5. The maximum atomic E-state index is 11.0. The molecule has 0 saturated heterocycles. The van der Waals surface area contributed by atoms with E-state index in [9.17, 15) is 4.79 Å². The van der Waals surface area contributed by atoms with E-state index >= 15 is 0 Å². The molecule has 3 aromatic rings. The van der Waals surface area contributed by atoms with Crippen molar-refractivity contribution >= 4 is 22.6 Å². The summed E-state index contributed by atoms with van der Waals surface area (Å²) in [6.07, 6.45) is 5.15. The Kier molecular flexibility index (Phi) is 3.47. The van der Waals surface area contributed by atoms with E-state index in [0.29, 0.717) is 6.54 Å². The van der Waals surface area contributed by atoms with Crippen LogP contribution in [0.2, 0.25) is 0 Å². The monoisotopic (exact) mass is 279 g/mol. The van der Waals surface area contributed by atoms with Gasteiger partial charge in [-0.25, -0.2) is 9.78 Å². The van der Waals surface area contributed by atoms with E-state index in [-0.39, 0.29) is 5.56 Å². The fraction of sp³-hybridized carbons (Fsp3) is 0.0625. The Morgan fingerprint density at radius 1 is 1.10 bits per heavy atom. The lowest BCUT2D eigenvalue weighted by molar-refractivity contribution is 0.0697. The molecular weight excluding hydrogens is 266 g/mol. The quantitative estimate of drug-likeness (QED) is 0.768. The Hall–Kier alpha value is -2.95. The van der Waals surface area contributed by atoms with Gasteiger partial charge in [-0.2, -0.15) is 0 Å². The molecule has 104 valence electrons. The molecule has 0 fully saturated rings. The average molecular weight is 279 g/mol. The molecule has 1 aromatic carbocycles. The van der Waals surface area contributed by atoms with Crippen LogP contribution in [0.3, 0.4) is 0 Å². The maximum absolute atomic E-state index is 11.0. The number of nitrogens with zero attached hydrogens (tertiary/aromatic N) is 2. The van der Waals surface area contributed by atoms with E-state index in [1.165, 1.54) is 0 Å². The first-order chi connectivity index (χ1) is 10.2. The van der Waals surface area contributed by atoms with Gasteiger partial charge in [-0.15, -0.1) is 0 Å². The molecule has 2 N–H and O–H groups in total. The molecule has 0 amide bonds. The zero-order valence-corrected chi connectivity index (χ0v) is 11.2. The highest BCUT2D eigenvalue weighted by molar-refractivity contribution is 5.98. The first-order valence-electron chi connectivity index (χ1n) is 6.49. The highest BCUT2D eigenvalue weighted by atomic mass is 16.4. The van der Waals surface area contributed by atoms with Gasteiger partial charge in [0.05, 0.1) is 5.56 Å². The summed E-state index contributed by atoms with van der Waals surface area (Å²) in [5.74, 6) is -0.193. The van der Waals surface area contributed by atoms with Gasteiger partial charge in [-0.3, -0.25) is 4.98 Å². The number of aromatic carboxylic acids is 1. The molecular formula is C16H13N3O2. The molecule has 2 heterocycles. The van der Waals surface area contributed by atoms with Crippen LogP contribution in [-0.4, -0.2) is 21.0 Å². The zero-order valence-electron chi connectivity index (χ0n) is 11.2. The SMILES string of the molecule is O=C(O)c1ccc2c(NCc3ccncc3)nccc2c1. The lowest BCUT2D eigenvalue weighted by Gasteiger charge is -2.09. The minimum Gasteiger partial charge on any atom is -0.478 e. The number of rotatable bonds is 4. The van der Waals surface area contributed by atoms with Crippen LogP contribution in [0.4, 0.5) is 5.82 Å². The van der Waals surface area contributed by atoms with Crippen molar-refractivity contribution in [3.05, 3.63) is 66.1 Å². The molecule has 0 bridgehead atoms. The Balaban J connectivity index is 1.90. The number of carboxylic acid groups (broad SMARTS) is 1. The summed E-state index contributed by atoms with van der Waals surface area (Å²) in [5.41, 5.74) is 1.37. The standard InChI is InChI=1S/C16H13N3O2/c20-16(21)13-1-2-14-12(9-13)5-8-18-15(14)19-10-11-3-6-17-7-4-11/h1-9H,10H2,(H,18,19)(H,20,21). The van der Waals surface area contributed by atoms with Gasteiger partial charge in [0, 0.05) is 30.5 Å². The van der Waals surface area contributed by atoms with Crippen LogP contribution in [-0.2, 0) is 6.54 Å². The van der Waals surface area contributed by atoms with Crippen LogP contribution in [0.1, 0.15) is 15.9 Å². The summed E-state index contributed by atoms with van der Waals surface area (Å²) in [6, 6.07) is 10.7. The summed E-state index contributed by atoms with van der Waals surface area (Å²) in [7, 11) is 0. The summed E-state index contributed by atoms with van der Waals surface area (Å²) < 4.78 is 0. The molecule has 5 heteroatoms. The van der Waals surface area contributed by atoms with Crippen molar-refractivity contribution in [2.45, 2.75) is 6.54 Å². The zero-order chi connectivity index (χ0) is 14.7. The highest BCUT2D eigenvalue weighted by Gasteiger charge is 2.07. The fourth-order valence-electron chi connectivity index (χ4n) is 2.14. The smallest absolute Gasteiger partial charge is 0.335 e. The van der Waals surface area contributed by atoms with Gasteiger partial charge >= 0.3 is 5.97 Å². The average Bonchev–Trinajstić information content (AvgIpc) is 2.53. The van der Waals surface area contributed by atoms with Gasteiger partial charge in [-0.05, 0) is 47.3 Å². The van der Waals surface area contributed by atoms with Gasteiger partial charge in [0.25, 0.3) is 0 Å². The van der Waals surface area contributed by atoms with Crippen LogP contribution in [0.15, 0.2) is 55.0 Å². The number of hydrogen-bond donors (Lipinski definition) is 2. The van der Waals surface area contributed by atoms with Gasteiger partial charge in [-0.1, -0.05) is 0 Å². The molecule has 0 radical (unpaired) electrons. The van der Waals surface area contributed by atoms with E-state index in [4.69, 9.17) is 5.11 Å². The lowest BCUT2D eigenvalue weighted by Crippen LogP contribution is -2.02. The topological polar surface area (TPSA) is 75.1 Å². The van der Waals surface area contributed by atoms with Crippen LogP contribution < -0.4 is 5.32 Å². The molecule has 0 atom stereocenters. The second kappa shape index (κ2) is 5.58. The van der Waals surface area contributed by atoms with Crippen LogP contribution in [0.5, 0.6) is 0 Å². The Morgan fingerprint density at radius 2 is 1.90 bits per heavy atom. The van der Waals surface area contributed by atoms with Crippen molar-refractivity contribution in [1.29, 1.82) is 0 Å². The molecule has 21 heavy (non-hydrogen) atoms. The van der Waals surface area contributed by atoms with Crippen molar-refractivity contribution in [3.8, 4) is 0 Å². The summed E-state index contributed by atoms with van der Waals surface area (Å²) in [4.78, 5) is 19.3. The molecule has 0 saturated carbocycles. The first kappa shape index (κ1) is 13.1. The Labute approximate surface area is 121 Å². The predicted molar refractivity (Wildman–Crippen MR) is 80.3 cm³/mol. The first-order valence-corrected chi connectivity index (χ1v) is 6.49. The Bertz CT molecular complexity index is 788. The van der Waals surface area contributed by atoms with Crippen LogP contribution >= 0.6 is 0 Å². The minimum atomic E-state index is -0.931. The van der Waals surface area contributed by atoms with E-state index < -0.39 is 5.97 Å². The van der Waals surface area contributed by atoms with Gasteiger partial charge in [0.15, 0.2) is 0 Å². The molecule has 0 spiro atoms. The number of anilines is 1. The molecule has 2 aromatic heterocycles. The number of aromatic nitrogens is 2. The number of carboxylic acids is 1. The number of benzene rings is 1. The summed E-state index contributed by atoms with van der Waals surface area (Å²) >= 11 is 0. The highest BCUT2D eigenvalue weighted by Crippen LogP contribution is 2.22. The van der Waals surface area contributed by atoms with Gasteiger partial charge in [0.2, 0.25) is 0 Å². The van der Waals surface area contributed by atoms with E-state index in [1.54, 1.807) is 42.9 Å². The van der Waals surface area contributed by atoms with Crippen molar-refractivity contribution in [2.75, 3.05) is 5.32 Å². The number of hydrogen-bond acceptors (Lipinski definition) is 4. The number of carbonyl (C=O) groups is 1. The van der Waals surface area contributed by atoms with E-state index in [0.717, 1.165) is 22.2 Å². The largest absolute Gasteiger partial charge is 0.478 e. The van der Waals surface area contributed by atoms with Crippen molar-refractivity contribution in [2.24, 2.45) is 0 Å². The molecule has 5 nitrogen and oxygen atoms in total. The third kappa shape index (κ3) is 2.81. The molecule has 0 aliphatic heterocycles. The maximum Gasteiger partial charge on any atom is 0.335 e. The molecule has 0 aliphatic carbocycles. The van der Waals surface area contributed by atoms with Gasteiger partial charge in [0.1, 0.15) is 5.82 Å². The van der Waals surface area contributed by atoms with Crippen molar-refractivity contribution < 1.29 is 9.90 Å². The van der Waals surface area contributed by atoms with Crippen LogP contribution in [0.25, 0.3) is 10.8 Å². The van der Waals surface area contributed by atoms with Crippen molar-refractivity contribution in [1.82, 2.24) is 9.97 Å². The second-order valence-electron chi connectivity index (χ2n) is 4.61. The number of fused-ring (bicyclic) bond motifs is 1. The van der Waals surface area contributed by atoms with E-state index in [1.807, 2.05) is 12.1 Å². The molecule has 0 aliphatic rings. The van der Waals surface area contributed by atoms with E-state index in [2.05, 4.69) is 15.3 Å². The predicted octanol–water partition coefficient (Wildman–Crippen LogP) is 2.94. The Morgan fingerprint density at radius 3 is 2.67 bits per heavy atom. The number of nitrogens with one attached hydrogen (secondary N) is 1. The summed E-state index contributed by atoms with van der Waals surface area (Å²) in [5, 5.41) is 14.0. The number of pyridine rings is 2. The second-order valence-corrected chi connectivity index (χ2v) is 4.61. The van der Waals surface area contributed by atoms with Gasteiger partial charge < -0.3 is 10.4 Å². The lowest BCUT2D eigenvalue weighted by atomic mass is 10.1. The third-order valence-corrected chi connectivity index (χ3v) is 3.22. The summed E-state index contributed by atoms with van der Waals surface area (Å²) in [6.45, 7) is 0.634. The van der Waals surface area contributed by atoms with Crippen molar-refractivity contribution in [3.63, 3.8) is 0 Å². The molecule has 0 unspecified atom stereocenters. The fourth-order valence-corrected chi connectivity index (χ4v) is 2.14. The minimum absolute atomic E-state index is 0.272. The third-order valence-electron chi connectivity index (χ3n) is 3.22. The molecule has 3 rings (SSSR count).